The summed E-state index contributed by atoms with van der Waals surface area (Å²) < 4.78 is 10.9. The molecule has 3 rings (SSSR count). The van der Waals surface area contributed by atoms with Crippen molar-refractivity contribution >= 4 is 29.9 Å². The first kappa shape index (κ1) is 25.5. The molecule has 0 radical (unpaired) electrons. The van der Waals surface area contributed by atoms with Crippen LogP contribution in [0.15, 0.2) is 33.8 Å². The number of aromatic nitrogens is 2. The fourth-order valence-electron chi connectivity index (χ4n) is 3.40. The van der Waals surface area contributed by atoms with Crippen LogP contribution in [0.4, 0.5) is 0 Å². The summed E-state index contributed by atoms with van der Waals surface area (Å²) in [5.74, 6) is 2.14. The second kappa shape index (κ2) is 13.6. The fraction of sp³-hybridized carbons (Fsp3) is 0.591. The number of rotatable bonds is 9. The van der Waals surface area contributed by atoms with Gasteiger partial charge in [-0.15, -0.1) is 24.0 Å². The Balaban J connectivity index is 0.00000341. The number of halogens is 1. The van der Waals surface area contributed by atoms with E-state index >= 15 is 0 Å². The van der Waals surface area contributed by atoms with Crippen LogP contribution >= 0.6 is 24.0 Å². The number of hydrogen-bond acceptors (Lipinski definition) is 6. The standard InChI is InChI=1S/C22H34N6O2.HI/c1-4-7-20-26-21(30-27-20)19-9-6-8-18(14-19)16-25-22(23-5-2)24-15-17(3)28-10-12-29-13-11-28;/h6,8-9,14,17H,4-5,7,10-13,15-16H2,1-3H3,(H2,23,24,25);1H. The van der Waals surface area contributed by atoms with Crippen LogP contribution in [0.1, 0.15) is 38.6 Å². The van der Waals surface area contributed by atoms with E-state index in [1.54, 1.807) is 0 Å². The van der Waals surface area contributed by atoms with Gasteiger partial charge in [-0.2, -0.15) is 4.98 Å². The summed E-state index contributed by atoms with van der Waals surface area (Å²) in [6.45, 7) is 12.3. The van der Waals surface area contributed by atoms with Gasteiger partial charge in [-0.1, -0.05) is 24.2 Å². The van der Waals surface area contributed by atoms with Crippen molar-refractivity contribution < 1.29 is 9.26 Å². The molecule has 0 bridgehead atoms. The van der Waals surface area contributed by atoms with Crippen LogP contribution in [0.3, 0.4) is 0 Å². The first-order chi connectivity index (χ1) is 14.7. The maximum Gasteiger partial charge on any atom is 0.257 e. The number of ether oxygens (including phenoxy) is 1. The van der Waals surface area contributed by atoms with Crippen LogP contribution < -0.4 is 10.6 Å². The van der Waals surface area contributed by atoms with Gasteiger partial charge in [0.1, 0.15) is 0 Å². The van der Waals surface area contributed by atoms with Gasteiger partial charge < -0.3 is 19.9 Å². The smallest absolute Gasteiger partial charge is 0.257 e. The number of morpholine rings is 1. The largest absolute Gasteiger partial charge is 0.379 e. The molecule has 0 amide bonds. The molecule has 2 N–H and O–H groups in total. The van der Waals surface area contributed by atoms with Crippen molar-refractivity contribution in [3.05, 3.63) is 35.7 Å². The Morgan fingerprint density at radius 1 is 1.23 bits per heavy atom. The molecule has 1 aromatic heterocycles. The van der Waals surface area contributed by atoms with E-state index in [2.05, 4.69) is 58.6 Å². The summed E-state index contributed by atoms with van der Waals surface area (Å²) in [4.78, 5) is 11.7. The van der Waals surface area contributed by atoms with Crippen molar-refractivity contribution in [1.29, 1.82) is 0 Å². The molecule has 31 heavy (non-hydrogen) atoms. The molecule has 1 saturated heterocycles. The van der Waals surface area contributed by atoms with E-state index in [0.717, 1.165) is 75.1 Å². The average Bonchev–Trinajstić information content (AvgIpc) is 3.25. The van der Waals surface area contributed by atoms with Gasteiger partial charge in [0.15, 0.2) is 11.8 Å². The van der Waals surface area contributed by atoms with Crippen molar-refractivity contribution in [2.24, 2.45) is 4.99 Å². The number of nitrogens with one attached hydrogen (secondary N) is 2. The monoisotopic (exact) mass is 542 g/mol. The van der Waals surface area contributed by atoms with E-state index in [0.29, 0.717) is 18.5 Å². The van der Waals surface area contributed by atoms with Crippen LogP contribution in [-0.4, -0.2) is 66.4 Å². The van der Waals surface area contributed by atoms with E-state index in [-0.39, 0.29) is 24.0 Å². The zero-order valence-corrected chi connectivity index (χ0v) is 21.1. The molecule has 1 atom stereocenters. The lowest BCUT2D eigenvalue weighted by Gasteiger charge is -2.32. The first-order valence-corrected chi connectivity index (χ1v) is 11.0. The number of benzene rings is 1. The second-order valence-corrected chi connectivity index (χ2v) is 7.54. The molecule has 1 aliphatic heterocycles. The Morgan fingerprint density at radius 3 is 2.77 bits per heavy atom. The van der Waals surface area contributed by atoms with Crippen molar-refractivity contribution in [3.8, 4) is 11.5 Å². The predicted octanol–water partition coefficient (Wildman–Crippen LogP) is 3.08. The molecular formula is C22H35IN6O2. The highest BCUT2D eigenvalue weighted by molar-refractivity contribution is 14.0. The van der Waals surface area contributed by atoms with E-state index in [4.69, 9.17) is 14.3 Å². The molecule has 0 saturated carbocycles. The number of nitrogens with zero attached hydrogens (tertiary/aromatic N) is 4. The number of aliphatic imine (C=N–C) groups is 1. The zero-order valence-electron chi connectivity index (χ0n) is 18.8. The second-order valence-electron chi connectivity index (χ2n) is 7.54. The molecule has 172 valence electrons. The molecule has 9 heteroatoms. The third-order valence-electron chi connectivity index (χ3n) is 5.11. The third kappa shape index (κ3) is 8.04. The highest BCUT2D eigenvalue weighted by atomic mass is 127. The van der Waals surface area contributed by atoms with E-state index in [1.807, 2.05) is 12.1 Å². The summed E-state index contributed by atoms with van der Waals surface area (Å²) in [6.07, 6.45) is 1.83. The van der Waals surface area contributed by atoms with Gasteiger partial charge in [0.25, 0.3) is 5.89 Å². The molecular weight excluding hydrogens is 507 g/mol. The third-order valence-corrected chi connectivity index (χ3v) is 5.11. The lowest BCUT2D eigenvalue weighted by atomic mass is 10.1. The fourth-order valence-corrected chi connectivity index (χ4v) is 3.40. The van der Waals surface area contributed by atoms with Crippen LogP contribution in [0.25, 0.3) is 11.5 Å². The van der Waals surface area contributed by atoms with Gasteiger partial charge in [0.05, 0.1) is 19.8 Å². The highest BCUT2D eigenvalue weighted by Crippen LogP contribution is 2.19. The maximum absolute atomic E-state index is 5.44. The van der Waals surface area contributed by atoms with Crippen LogP contribution in [0.2, 0.25) is 0 Å². The van der Waals surface area contributed by atoms with Crippen molar-refractivity contribution in [1.82, 2.24) is 25.7 Å². The normalized spacial score (nSPS) is 15.9. The van der Waals surface area contributed by atoms with Crippen molar-refractivity contribution in [3.63, 3.8) is 0 Å². The summed E-state index contributed by atoms with van der Waals surface area (Å²) in [7, 11) is 0. The Hall–Kier alpha value is -1.72. The molecule has 0 aliphatic carbocycles. The minimum absolute atomic E-state index is 0. The topological polar surface area (TPSA) is 87.8 Å². The lowest BCUT2D eigenvalue weighted by Crippen LogP contribution is -2.49. The summed E-state index contributed by atoms with van der Waals surface area (Å²) in [5, 5.41) is 10.8. The quantitative estimate of drug-likeness (QED) is 0.286. The molecule has 2 aromatic rings. The molecule has 1 unspecified atom stereocenters. The number of guanidine groups is 1. The summed E-state index contributed by atoms with van der Waals surface area (Å²) in [6, 6.07) is 8.55. The van der Waals surface area contributed by atoms with Crippen molar-refractivity contribution in [2.45, 2.75) is 46.2 Å². The zero-order chi connectivity index (χ0) is 21.2. The Bertz CT molecular complexity index is 807. The molecule has 0 spiro atoms. The SMILES string of the molecule is CCCc1noc(-c2cccc(CN=C(NCC)NCC(C)N3CCOCC3)c2)n1.I. The van der Waals surface area contributed by atoms with Gasteiger partial charge >= 0.3 is 0 Å². The lowest BCUT2D eigenvalue weighted by molar-refractivity contribution is 0.0211. The number of hydrogen-bond donors (Lipinski definition) is 2. The van der Waals surface area contributed by atoms with Crippen LogP contribution in [0.5, 0.6) is 0 Å². The average molecular weight is 542 g/mol. The molecule has 2 heterocycles. The molecule has 1 fully saturated rings. The number of aryl methyl sites for hydroxylation is 1. The van der Waals surface area contributed by atoms with Gasteiger partial charge in [0.2, 0.25) is 0 Å². The van der Waals surface area contributed by atoms with E-state index in [9.17, 15) is 0 Å². The Labute approximate surface area is 202 Å². The summed E-state index contributed by atoms with van der Waals surface area (Å²) in [5.41, 5.74) is 2.03. The van der Waals surface area contributed by atoms with Crippen molar-refractivity contribution in [2.75, 3.05) is 39.4 Å². The first-order valence-electron chi connectivity index (χ1n) is 11.0. The maximum atomic E-state index is 5.44. The van der Waals surface area contributed by atoms with E-state index < -0.39 is 0 Å². The van der Waals surface area contributed by atoms with Gasteiger partial charge in [-0.3, -0.25) is 4.90 Å². The van der Waals surface area contributed by atoms with Gasteiger partial charge in [-0.05, 0) is 38.0 Å². The van der Waals surface area contributed by atoms with Crippen LogP contribution in [0, 0.1) is 0 Å². The van der Waals surface area contributed by atoms with Gasteiger partial charge in [-0.25, -0.2) is 4.99 Å². The minimum atomic E-state index is 0. The molecule has 1 aromatic carbocycles. The minimum Gasteiger partial charge on any atom is -0.379 e. The molecule has 8 nitrogen and oxygen atoms in total. The van der Waals surface area contributed by atoms with E-state index in [1.165, 1.54) is 0 Å². The predicted molar refractivity (Wildman–Crippen MR) is 134 cm³/mol. The van der Waals surface area contributed by atoms with Crippen LogP contribution in [-0.2, 0) is 17.7 Å². The Morgan fingerprint density at radius 2 is 2.03 bits per heavy atom. The molecule has 1 aliphatic rings. The Kier molecular flexibility index (Phi) is 11.2. The summed E-state index contributed by atoms with van der Waals surface area (Å²) >= 11 is 0. The van der Waals surface area contributed by atoms with Gasteiger partial charge in [0, 0.05) is 44.2 Å². The highest BCUT2D eigenvalue weighted by Gasteiger charge is 2.17.